The fourth-order valence-corrected chi connectivity index (χ4v) is 5.42. The van der Waals surface area contributed by atoms with Crippen molar-refractivity contribution in [3.8, 4) is 17.6 Å². The number of hydrogen-bond acceptors (Lipinski definition) is 7. The Bertz CT molecular complexity index is 1270. The first kappa shape index (κ1) is 27.6. The van der Waals surface area contributed by atoms with Crippen LogP contribution in [0.4, 0.5) is 0 Å². The molecule has 2 heterocycles. The summed E-state index contributed by atoms with van der Waals surface area (Å²) in [7, 11) is 3.65. The highest BCUT2D eigenvalue weighted by Crippen LogP contribution is 2.54. The minimum atomic E-state index is -1.01. The zero-order valence-electron chi connectivity index (χ0n) is 22.8. The maximum absolute atomic E-state index is 11.4. The van der Waals surface area contributed by atoms with Crippen LogP contribution in [0.3, 0.4) is 0 Å². The maximum Gasteiger partial charge on any atom is 0.146 e. The summed E-state index contributed by atoms with van der Waals surface area (Å²) in [6.45, 7) is 6.51. The fourth-order valence-electron chi connectivity index (χ4n) is 5.42. The van der Waals surface area contributed by atoms with Crippen molar-refractivity contribution in [3.63, 3.8) is 0 Å². The second kappa shape index (κ2) is 11.1. The minimum Gasteiger partial charge on any atom is -0.495 e. The third-order valence-electron chi connectivity index (χ3n) is 7.83. The monoisotopic (exact) mass is 515 g/mol. The van der Waals surface area contributed by atoms with E-state index in [1.54, 1.807) is 31.6 Å². The summed E-state index contributed by atoms with van der Waals surface area (Å²) >= 11 is 0. The first-order chi connectivity index (χ1) is 18.1. The highest BCUT2D eigenvalue weighted by molar-refractivity contribution is 5.51. The van der Waals surface area contributed by atoms with E-state index in [2.05, 4.69) is 36.7 Å². The molecule has 3 aromatic rings. The molecule has 1 aliphatic heterocycles. The molecule has 0 fully saturated rings. The summed E-state index contributed by atoms with van der Waals surface area (Å²) in [6, 6.07) is 19.7. The number of aliphatic hydroxyl groups is 2. The Morgan fingerprint density at radius 1 is 1.13 bits per heavy atom. The van der Waals surface area contributed by atoms with Crippen LogP contribution in [-0.4, -0.2) is 59.0 Å². The average molecular weight is 516 g/mol. The molecule has 2 N–H and O–H groups in total. The topological polar surface area (TPSA) is 98.8 Å². The molecule has 4 atom stereocenters. The van der Waals surface area contributed by atoms with Crippen LogP contribution < -0.4 is 9.47 Å². The molecule has 0 spiro atoms. The van der Waals surface area contributed by atoms with Crippen LogP contribution in [-0.2, 0) is 12.0 Å². The van der Waals surface area contributed by atoms with E-state index < -0.39 is 17.6 Å². The predicted molar refractivity (Wildman–Crippen MR) is 146 cm³/mol. The second-order valence-electron chi connectivity index (χ2n) is 11.0. The fraction of sp³-hybridized carbons (Fsp3) is 0.419. The number of nitrogens with zero attached hydrogens (tertiary/aromatic N) is 3. The Labute approximate surface area is 225 Å². The molecule has 38 heavy (non-hydrogen) atoms. The number of nitriles is 1. The van der Waals surface area contributed by atoms with E-state index in [9.17, 15) is 15.5 Å². The number of aromatic nitrogens is 1. The van der Waals surface area contributed by atoms with Gasteiger partial charge in [0.05, 0.1) is 43.8 Å². The van der Waals surface area contributed by atoms with E-state index in [0.717, 1.165) is 16.7 Å². The molecule has 0 bridgehead atoms. The number of fused-ring (bicyclic) bond motifs is 1. The first-order valence-corrected chi connectivity index (χ1v) is 12.9. The number of hydrogen-bond donors (Lipinski definition) is 2. The molecular weight excluding hydrogens is 478 g/mol. The van der Waals surface area contributed by atoms with Crippen molar-refractivity contribution in [1.29, 1.82) is 5.26 Å². The lowest BCUT2D eigenvalue weighted by Gasteiger charge is -2.46. The van der Waals surface area contributed by atoms with E-state index in [-0.39, 0.29) is 18.1 Å². The van der Waals surface area contributed by atoms with Gasteiger partial charge in [0, 0.05) is 35.9 Å². The van der Waals surface area contributed by atoms with E-state index in [4.69, 9.17) is 9.47 Å². The van der Waals surface area contributed by atoms with Gasteiger partial charge in [-0.05, 0) is 51.1 Å². The Balaban J connectivity index is 1.98. The molecule has 0 radical (unpaired) electrons. The SMILES string of the molecule is COc1cncc2c1C[C@](c1ccc(C#N)cc1)([C@H](c1ccccc1)[C@@H](CN(C)C(C)(C)C)[C@@H](O)CO)O2. The summed E-state index contributed by atoms with van der Waals surface area (Å²) in [4.78, 5) is 6.53. The van der Waals surface area contributed by atoms with Crippen LogP contribution in [0, 0.1) is 17.2 Å². The Morgan fingerprint density at radius 3 is 2.39 bits per heavy atom. The van der Waals surface area contributed by atoms with Gasteiger partial charge < -0.3 is 24.6 Å². The standard InChI is InChI=1S/C31H37N3O4/c1-30(2,3)34(4)19-25(26(36)20-35)29(22-9-7-6-8-10-22)31(23-13-11-21(16-32)12-14-23)15-24-27(37-5)17-33-18-28(24)38-31/h6-14,17-18,25-26,29,35-36H,15,19-20H2,1-5H3/t25-,26-,29+,31-/m0/s1. The highest BCUT2D eigenvalue weighted by Gasteiger charge is 2.53. The summed E-state index contributed by atoms with van der Waals surface area (Å²) in [5.74, 6) is 0.475. The molecule has 0 unspecified atom stereocenters. The van der Waals surface area contributed by atoms with Crippen LogP contribution in [0.25, 0.3) is 0 Å². The summed E-state index contributed by atoms with van der Waals surface area (Å²) < 4.78 is 12.6. The van der Waals surface area contributed by atoms with Gasteiger partial charge in [0.1, 0.15) is 17.1 Å². The van der Waals surface area contributed by atoms with Crippen molar-refractivity contribution >= 4 is 0 Å². The normalized spacial score (nSPS) is 19.2. The van der Waals surface area contributed by atoms with Crippen molar-refractivity contribution in [3.05, 3.63) is 89.2 Å². The summed E-state index contributed by atoms with van der Waals surface area (Å²) in [6.07, 6.45) is 2.84. The third kappa shape index (κ3) is 5.25. The van der Waals surface area contributed by atoms with Crippen molar-refractivity contribution < 1.29 is 19.7 Å². The molecule has 0 saturated carbocycles. The Hall–Kier alpha value is -3.44. The van der Waals surface area contributed by atoms with Gasteiger partial charge in [-0.1, -0.05) is 42.5 Å². The molecule has 200 valence electrons. The van der Waals surface area contributed by atoms with Crippen LogP contribution in [0.2, 0.25) is 0 Å². The lowest BCUT2D eigenvalue weighted by Crippen LogP contribution is -2.51. The molecule has 1 aliphatic rings. The van der Waals surface area contributed by atoms with Crippen LogP contribution in [0.15, 0.2) is 67.0 Å². The van der Waals surface area contributed by atoms with Crippen LogP contribution in [0.1, 0.15) is 48.9 Å². The lowest BCUT2D eigenvalue weighted by atomic mass is 9.67. The quantitative estimate of drug-likeness (QED) is 0.439. The lowest BCUT2D eigenvalue weighted by molar-refractivity contribution is -0.0416. The number of ether oxygens (including phenoxy) is 2. The van der Waals surface area contributed by atoms with E-state index in [1.165, 1.54) is 0 Å². The molecule has 1 aromatic heterocycles. The molecule has 2 aromatic carbocycles. The molecule has 0 amide bonds. The van der Waals surface area contributed by atoms with E-state index in [0.29, 0.717) is 30.0 Å². The predicted octanol–water partition coefficient (Wildman–Crippen LogP) is 4.28. The number of methoxy groups -OCH3 is 1. The molecule has 7 heteroatoms. The van der Waals surface area contributed by atoms with Crippen molar-refractivity contribution in [1.82, 2.24) is 9.88 Å². The van der Waals surface area contributed by atoms with Gasteiger partial charge >= 0.3 is 0 Å². The van der Waals surface area contributed by atoms with Gasteiger partial charge in [-0.3, -0.25) is 4.98 Å². The molecule has 0 saturated heterocycles. The Morgan fingerprint density at radius 2 is 1.82 bits per heavy atom. The number of pyridine rings is 1. The van der Waals surface area contributed by atoms with Gasteiger partial charge in [-0.15, -0.1) is 0 Å². The van der Waals surface area contributed by atoms with Gasteiger partial charge in [-0.25, -0.2) is 0 Å². The average Bonchev–Trinajstić information content (AvgIpc) is 3.32. The summed E-state index contributed by atoms with van der Waals surface area (Å²) in [5.41, 5.74) is 2.17. The van der Waals surface area contributed by atoms with Crippen LogP contribution in [0.5, 0.6) is 11.5 Å². The molecule has 7 nitrogen and oxygen atoms in total. The minimum absolute atomic E-state index is 0.164. The number of aliphatic hydroxyl groups excluding tert-OH is 2. The van der Waals surface area contributed by atoms with Gasteiger partial charge in [0.2, 0.25) is 0 Å². The summed E-state index contributed by atoms with van der Waals surface area (Å²) in [5, 5.41) is 31.1. The Kier molecular flexibility index (Phi) is 8.08. The molecule has 0 aliphatic carbocycles. The van der Waals surface area contributed by atoms with Gasteiger partial charge in [0.25, 0.3) is 0 Å². The molecular formula is C31H37N3O4. The highest BCUT2D eigenvalue weighted by atomic mass is 16.5. The van der Waals surface area contributed by atoms with Crippen LogP contribution >= 0.6 is 0 Å². The molecule has 4 rings (SSSR count). The van der Waals surface area contributed by atoms with Crippen molar-refractivity contribution in [2.75, 3.05) is 27.3 Å². The third-order valence-corrected chi connectivity index (χ3v) is 7.83. The number of benzene rings is 2. The van der Waals surface area contributed by atoms with Crippen molar-refractivity contribution in [2.24, 2.45) is 5.92 Å². The largest absolute Gasteiger partial charge is 0.495 e. The van der Waals surface area contributed by atoms with E-state index in [1.807, 2.05) is 49.5 Å². The van der Waals surface area contributed by atoms with Crippen molar-refractivity contribution in [2.45, 2.75) is 50.4 Å². The van der Waals surface area contributed by atoms with E-state index >= 15 is 0 Å². The van der Waals surface area contributed by atoms with Gasteiger partial charge in [-0.2, -0.15) is 5.26 Å². The zero-order chi connectivity index (χ0) is 27.5. The zero-order valence-corrected chi connectivity index (χ0v) is 22.8. The maximum atomic E-state index is 11.4. The smallest absolute Gasteiger partial charge is 0.146 e. The second-order valence-corrected chi connectivity index (χ2v) is 11.0. The first-order valence-electron chi connectivity index (χ1n) is 12.9. The number of rotatable bonds is 9. The van der Waals surface area contributed by atoms with Gasteiger partial charge in [0.15, 0.2) is 0 Å².